The predicted octanol–water partition coefficient (Wildman–Crippen LogP) is 7.01. The van der Waals surface area contributed by atoms with Crippen molar-refractivity contribution in [3.05, 3.63) is 75.5 Å². The molecule has 0 aliphatic carbocycles. The number of benzene rings is 2. The Kier molecular flexibility index (Phi) is 6.62. The lowest BCUT2D eigenvalue weighted by Crippen LogP contribution is -2.32. The maximum absolute atomic E-state index is 12.3. The zero-order chi connectivity index (χ0) is 22.8. The molecule has 0 unspecified atom stereocenters. The first-order chi connectivity index (χ1) is 15.3. The molecule has 4 rings (SSSR count). The molecular weight excluding hydrogens is 485 g/mol. The normalized spacial score (nSPS) is 11.2. The van der Waals surface area contributed by atoms with E-state index in [2.05, 4.69) is 21.7 Å². The number of aromatic nitrogens is 1. The number of thiazole rings is 1. The van der Waals surface area contributed by atoms with Crippen LogP contribution >= 0.6 is 46.8 Å². The second kappa shape index (κ2) is 9.42. The fourth-order valence-electron chi connectivity index (χ4n) is 3.03. The zero-order valence-electron chi connectivity index (χ0n) is 17.0. The number of amides is 1. The molecule has 9 heteroatoms. The number of aryl methyl sites for hydroxylation is 2. The van der Waals surface area contributed by atoms with Gasteiger partial charge in [0.05, 0.1) is 20.3 Å². The second-order valence-electron chi connectivity index (χ2n) is 6.98. The standard InChI is InChI=1S/C23H17Cl2N3O2S2/c1-12-6-7-13(2)21-20(12)27-23(32-21)28-22(31)26-18(29)11-9-14-8-10-17(30-14)15-4-3-5-16(24)19(15)25/h3-11H,1-2H3,(H2,26,27,28,29,31)/b11-9+. The molecule has 1 amide bonds. The van der Waals surface area contributed by atoms with E-state index in [9.17, 15) is 4.79 Å². The fraction of sp³-hybridized carbons (Fsp3) is 0.0870. The van der Waals surface area contributed by atoms with Crippen LogP contribution in [-0.2, 0) is 4.79 Å². The average Bonchev–Trinajstić information content (AvgIpc) is 3.39. The van der Waals surface area contributed by atoms with E-state index in [4.69, 9.17) is 39.8 Å². The summed E-state index contributed by atoms with van der Waals surface area (Å²) in [4.78, 5) is 16.8. The molecule has 0 aliphatic heterocycles. The summed E-state index contributed by atoms with van der Waals surface area (Å²) in [5.74, 6) is 0.646. The third-order valence-corrected chi connectivity index (χ3v) is 6.77. The second-order valence-corrected chi connectivity index (χ2v) is 9.17. The molecule has 162 valence electrons. The highest BCUT2D eigenvalue weighted by Gasteiger charge is 2.12. The average molecular weight is 502 g/mol. The first kappa shape index (κ1) is 22.5. The molecule has 2 N–H and O–H groups in total. The lowest BCUT2D eigenvalue weighted by molar-refractivity contribution is -0.115. The van der Waals surface area contributed by atoms with Gasteiger partial charge in [-0.2, -0.15) is 0 Å². The molecule has 0 aliphatic rings. The number of anilines is 1. The predicted molar refractivity (Wildman–Crippen MR) is 137 cm³/mol. The van der Waals surface area contributed by atoms with Crippen molar-refractivity contribution >= 4 is 79.2 Å². The van der Waals surface area contributed by atoms with Gasteiger partial charge in [-0.15, -0.1) is 0 Å². The van der Waals surface area contributed by atoms with Gasteiger partial charge in [0, 0.05) is 11.6 Å². The van der Waals surface area contributed by atoms with Gasteiger partial charge in [-0.3, -0.25) is 10.1 Å². The van der Waals surface area contributed by atoms with Crippen LogP contribution in [-0.4, -0.2) is 16.0 Å². The molecule has 0 bridgehead atoms. The number of carbonyl (C=O) groups is 1. The van der Waals surface area contributed by atoms with Gasteiger partial charge in [0.2, 0.25) is 5.91 Å². The van der Waals surface area contributed by atoms with E-state index in [1.807, 2.05) is 26.0 Å². The maximum atomic E-state index is 12.3. The number of furan rings is 1. The summed E-state index contributed by atoms with van der Waals surface area (Å²) >= 11 is 19.0. The summed E-state index contributed by atoms with van der Waals surface area (Å²) in [7, 11) is 0. The van der Waals surface area contributed by atoms with Crippen molar-refractivity contribution in [2.24, 2.45) is 0 Å². The summed E-state index contributed by atoms with van der Waals surface area (Å²) < 4.78 is 6.84. The quantitative estimate of drug-likeness (QED) is 0.232. The SMILES string of the molecule is Cc1ccc(C)c2sc(NC(=S)NC(=O)/C=C/c3ccc(-c4cccc(Cl)c4Cl)o3)nc12. The highest BCUT2D eigenvalue weighted by molar-refractivity contribution is 7.80. The molecule has 32 heavy (non-hydrogen) atoms. The minimum Gasteiger partial charge on any atom is -0.457 e. The van der Waals surface area contributed by atoms with Gasteiger partial charge >= 0.3 is 0 Å². The first-order valence-electron chi connectivity index (χ1n) is 9.53. The first-order valence-corrected chi connectivity index (χ1v) is 11.5. The lowest BCUT2D eigenvalue weighted by atomic mass is 10.1. The molecule has 2 aromatic heterocycles. The van der Waals surface area contributed by atoms with Crippen LogP contribution < -0.4 is 10.6 Å². The fourth-order valence-corrected chi connectivity index (χ4v) is 4.71. The van der Waals surface area contributed by atoms with Gasteiger partial charge in [0.25, 0.3) is 0 Å². The van der Waals surface area contributed by atoms with Crippen LogP contribution in [0.25, 0.3) is 27.6 Å². The van der Waals surface area contributed by atoms with Crippen molar-refractivity contribution in [1.29, 1.82) is 0 Å². The molecule has 2 aromatic carbocycles. The molecular formula is C23H17Cl2N3O2S2. The van der Waals surface area contributed by atoms with Gasteiger partial charge in [-0.1, -0.05) is 52.7 Å². The van der Waals surface area contributed by atoms with Crippen LogP contribution in [0.15, 0.2) is 53.0 Å². The maximum Gasteiger partial charge on any atom is 0.250 e. The van der Waals surface area contributed by atoms with E-state index in [-0.39, 0.29) is 5.11 Å². The van der Waals surface area contributed by atoms with Crippen LogP contribution in [0.2, 0.25) is 10.0 Å². The van der Waals surface area contributed by atoms with E-state index in [1.54, 1.807) is 30.3 Å². The van der Waals surface area contributed by atoms with E-state index in [0.717, 1.165) is 21.3 Å². The molecule has 0 atom stereocenters. The molecule has 0 saturated carbocycles. The Bertz CT molecular complexity index is 1340. The van der Waals surface area contributed by atoms with Crippen molar-refractivity contribution in [2.45, 2.75) is 13.8 Å². The molecule has 5 nitrogen and oxygen atoms in total. The summed E-state index contributed by atoms with van der Waals surface area (Å²) in [5, 5.41) is 7.23. The Balaban J connectivity index is 1.39. The van der Waals surface area contributed by atoms with Crippen LogP contribution in [0.1, 0.15) is 16.9 Å². The summed E-state index contributed by atoms with van der Waals surface area (Å²) in [6, 6.07) is 12.9. The van der Waals surface area contributed by atoms with Crippen molar-refractivity contribution in [3.8, 4) is 11.3 Å². The Labute approximate surface area is 204 Å². The topological polar surface area (TPSA) is 67.2 Å². The van der Waals surface area contributed by atoms with Gasteiger partial charge in [-0.05, 0) is 67.5 Å². The highest BCUT2D eigenvalue weighted by atomic mass is 35.5. The van der Waals surface area contributed by atoms with E-state index >= 15 is 0 Å². The number of nitrogens with zero attached hydrogens (tertiary/aromatic N) is 1. The van der Waals surface area contributed by atoms with Gasteiger partial charge in [-0.25, -0.2) is 4.98 Å². The van der Waals surface area contributed by atoms with Crippen LogP contribution in [0, 0.1) is 13.8 Å². The minimum atomic E-state index is -0.394. The zero-order valence-corrected chi connectivity index (χ0v) is 20.2. The molecule has 4 aromatic rings. The minimum absolute atomic E-state index is 0.167. The number of hydrogen-bond acceptors (Lipinski definition) is 5. The van der Waals surface area contributed by atoms with E-state index in [0.29, 0.717) is 32.3 Å². The number of halogens is 2. The Morgan fingerprint density at radius 2 is 1.91 bits per heavy atom. The lowest BCUT2D eigenvalue weighted by Gasteiger charge is -2.04. The van der Waals surface area contributed by atoms with E-state index < -0.39 is 5.91 Å². The summed E-state index contributed by atoms with van der Waals surface area (Å²) in [5.41, 5.74) is 3.84. The third-order valence-electron chi connectivity index (χ3n) is 4.64. The highest BCUT2D eigenvalue weighted by Crippen LogP contribution is 2.34. The van der Waals surface area contributed by atoms with Crippen molar-refractivity contribution in [2.75, 3.05) is 5.32 Å². The largest absolute Gasteiger partial charge is 0.457 e. The van der Waals surface area contributed by atoms with Crippen molar-refractivity contribution in [1.82, 2.24) is 10.3 Å². The molecule has 2 heterocycles. The Hall–Kier alpha value is -2.71. The third kappa shape index (κ3) is 4.86. The summed E-state index contributed by atoms with van der Waals surface area (Å²) in [6.07, 6.45) is 2.88. The summed E-state index contributed by atoms with van der Waals surface area (Å²) in [6.45, 7) is 4.05. The smallest absolute Gasteiger partial charge is 0.250 e. The number of nitrogens with one attached hydrogen (secondary N) is 2. The van der Waals surface area contributed by atoms with Gasteiger partial charge in [0.1, 0.15) is 11.5 Å². The van der Waals surface area contributed by atoms with Crippen LogP contribution in [0.5, 0.6) is 0 Å². The van der Waals surface area contributed by atoms with Crippen LogP contribution in [0.3, 0.4) is 0 Å². The molecule has 0 saturated heterocycles. The number of rotatable bonds is 4. The number of fused-ring (bicyclic) bond motifs is 1. The number of hydrogen-bond donors (Lipinski definition) is 2. The van der Waals surface area contributed by atoms with Gasteiger partial charge in [0.15, 0.2) is 10.2 Å². The van der Waals surface area contributed by atoms with Gasteiger partial charge < -0.3 is 9.73 Å². The molecule has 0 fully saturated rings. The van der Waals surface area contributed by atoms with Crippen LogP contribution in [0.4, 0.5) is 5.13 Å². The molecule has 0 radical (unpaired) electrons. The Morgan fingerprint density at radius 3 is 2.69 bits per heavy atom. The number of carbonyl (C=O) groups excluding carboxylic acids is 1. The molecule has 0 spiro atoms. The van der Waals surface area contributed by atoms with E-state index in [1.165, 1.54) is 17.4 Å². The van der Waals surface area contributed by atoms with Crippen molar-refractivity contribution < 1.29 is 9.21 Å². The van der Waals surface area contributed by atoms with Crippen molar-refractivity contribution in [3.63, 3.8) is 0 Å². The number of thiocarbonyl (C=S) groups is 1. The Morgan fingerprint density at radius 1 is 1.12 bits per heavy atom. The monoisotopic (exact) mass is 501 g/mol.